The molecule has 0 spiro atoms. The van der Waals surface area contributed by atoms with Gasteiger partial charge < -0.3 is 10.1 Å². The Morgan fingerprint density at radius 2 is 1.64 bits per heavy atom. The van der Waals surface area contributed by atoms with Crippen LogP contribution in [0.4, 0.5) is 4.79 Å². The van der Waals surface area contributed by atoms with Crippen LogP contribution in [0.5, 0.6) is 0 Å². The first kappa shape index (κ1) is 21.9. The molecule has 2 rings (SSSR count). The second-order valence-corrected chi connectivity index (χ2v) is 9.70. The third-order valence-corrected chi connectivity index (χ3v) is 4.21. The molecule has 1 amide bonds. The van der Waals surface area contributed by atoms with E-state index in [1.54, 1.807) is 0 Å². The van der Waals surface area contributed by atoms with Gasteiger partial charge in [-0.1, -0.05) is 50.6 Å². The highest BCUT2D eigenvalue weighted by molar-refractivity contribution is 5.71. The lowest BCUT2D eigenvalue weighted by molar-refractivity contribution is 0.0523. The maximum atomic E-state index is 12.2. The summed E-state index contributed by atoms with van der Waals surface area (Å²) in [5.74, 6) is 0. The van der Waals surface area contributed by atoms with Crippen LogP contribution in [0.1, 0.15) is 64.1 Å². The fourth-order valence-electron chi connectivity index (χ4n) is 3.08. The molecule has 1 heterocycles. The van der Waals surface area contributed by atoms with Crippen LogP contribution in [0, 0.1) is 19.3 Å². The zero-order valence-corrected chi connectivity index (χ0v) is 18.6. The van der Waals surface area contributed by atoms with Crippen LogP contribution in [0.15, 0.2) is 30.3 Å². The number of nitrogens with zero attached hydrogens (tertiary/aromatic N) is 1. The number of hydrogen-bond acceptors (Lipinski definition) is 3. The number of nitrogens with one attached hydrogen (secondary N) is 1. The van der Waals surface area contributed by atoms with E-state index in [0.717, 1.165) is 34.5 Å². The van der Waals surface area contributed by atoms with Gasteiger partial charge in [-0.05, 0) is 63.6 Å². The zero-order valence-electron chi connectivity index (χ0n) is 18.6. The number of hydrogen-bond donors (Lipinski definition) is 1. The van der Waals surface area contributed by atoms with Crippen molar-refractivity contribution in [1.82, 2.24) is 10.3 Å². The summed E-state index contributed by atoms with van der Waals surface area (Å²) >= 11 is 0. The van der Waals surface area contributed by atoms with E-state index in [2.05, 4.69) is 63.3 Å². The number of ether oxygens (including phenoxy) is 1. The third kappa shape index (κ3) is 6.66. The van der Waals surface area contributed by atoms with Gasteiger partial charge in [-0.25, -0.2) is 4.79 Å². The Bertz CT molecular complexity index is 825. The molecule has 1 N–H and O–H groups in total. The molecule has 0 bridgehead atoms. The van der Waals surface area contributed by atoms with Gasteiger partial charge in [0.25, 0.3) is 0 Å². The Labute approximate surface area is 169 Å². The van der Waals surface area contributed by atoms with E-state index >= 15 is 0 Å². The lowest BCUT2D eigenvalue weighted by Gasteiger charge is -2.23. The standard InChI is InChI=1S/C24H34N2O2/c1-16-9-11-18(12-10-16)19-13-17(2)26-21(14-23(3,4)5)20(19)15-25-22(27)28-24(6,7)8/h9-13H,14-15H2,1-8H3,(H,25,27). The fraction of sp³-hybridized carbons (Fsp3) is 0.500. The SMILES string of the molecule is Cc1ccc(-c2cc(C)nc(CC(C)(C)C)c2CNC(=O)OC(C)(C)C)cc1. The second kappa shape index (κ2) is 8.34. The number of benzene rings is 1. The molecule has 0 unspecified atom stereocenters. The Kier molecular flexibility index (Phi) is 6.53. The van der Waals surface area contributed by atoms with E-state index in [-0.39, 0.29) is 5.41 Å². The summed E-state index contributed by atoms with van der Waals surface area (Å²) in [5, 5.41) is 2.92. The lowest BCUT2D eigenvalue weighted by atomic mass is 9.86. The monoisotopic (exact) mass is 382 g/mol. The first-order valence-electron chi connectivity index (χ1n) is 9.87. The van der Waals surface area contributed by atoms with E-state index in [4.69, 9.17) is 9.72 Å². The molecule has 0 fully saturated rings. The highest BCUT2D eigenvalue weighted by Crippen LogP contribution is 2.30. The van der Waals surface area contributed by atoms with Gasteiger partial charge in [0.15, 0.2) is 0 Å². The van der Waals surface area contributed by atoms with Crippen molar-refractivity contribution in [2.75, 3.05) is 0 Å². The smallest absolute Gasteiger partial charge is 0.407 e. The van der Waals surface area contributed by atoms with E-state index in [0.29, 0.717) is 6.54 Å². The molecule has 0 saturated carbocycles. The van der Waals surface area contributed by atoms with Crippen LogP contribution >= 0.6 is 0 Å². The minimum atomic E-state index is -0.524. The predicted octanol–water partition coefficient (Wildman–Crippen LogP) is 5.98. The van der Waals surface area contributed by atoms with Gasteiger partial charge in [-0.3, -0.25) is 4.98 Å². The van der Waals surface area contributed by atoms with E-state index in [9.17, 15) is 4.79 Å². The first-order valence-corrected chi connectivity index (χ1v) is 9.87. The lowest BCUT2D eigenvalue weighted by Crippen LogP contribution is -2.32. The van der Waals surface area contributed by atoms with Crippen molar-refractivity contribution in [3.63, 3.8) is 0 Å². The number of carbonyl (C=O) groups is 1. The molecule has 4 heteroatoms. The molecule has 1 aromatic heterocycles. The number of alkyl carbamates (subject to hydrolysis) is 1. The van der Waals surface area contributed by atoms with Crippen molar-refractivity contribution in [2.45, 2.75) is 74.0 Å². The summed E-state index contributed by atoms with van der Waals surface area (Å²) in [6.07, 6.45) is 0.420. The van der Waals surface area contributed by atoms with Crippen LogP contribution in [0.25, 0.3) is 11.1 Å². The second-order valence-electron chi connectivity index (χ2n) is 9.70. The average Bonchev–Trinajstić information content (AvgIpc) is 2.51. The maximum Gasteiger partial charge on any atom is 0.407 e. The molecule has 0 saturated heterocycles. The van der Waals surface area contributed by atoms with Crippen molar-refractivity contribution in [1.29, 1.82) is 0 Å². The predicted molar refractivity (Wildman–Crippen MR) is 115 cm³/mol. The first-order chi connectivity index (χ1) is 12.8. The fourth-order valence-corrected chi connectivity index (χ4v) is 3.08. The van der Waals surface area contributed by atoms with Crippen LogP contribution in [0.3, 0.4) is 0 Å². The molecule has 0 atom stereocenters. The van der Waals surface area contributed by atoms with Gasteiger partial charge in [-0.2, -0.15) is 0 Å². The highest BCUT2D eigenvalue weighted by Gasteiger charge is 2.21. The molecule has 0 aliphatic heterocycles. The molecule has 1 aromatic carbocycles. The maximum absolute atomic E-state index is 12.2. The van der Waals surface area contributed by atoms with Gasteiger partial charge in [0.1, 0.15) is 5.60 Å². The van der Waals surface area contributed by atoms with Crippen LogP contribution in [-0.4, -0.2) is 16.7 Å². The van der Waals surface area contributed by atoms with Crippen molar-refractivity contribution >= 4 is 6.09 Å². The molecule has 4 nitrogen and oxygen atoms in total. The summed E-state index contributed by atoms with van der Waals surface area (Å²) in [5.41, 5.74) is 6.09. The normalized spacial score (nSPS) is 12.0. The topological polar surface area (TPSA) is 51.2 Å². The van der Waals surface area contributed by atoms with Gasteiger partial charge in [0, 0.05) is 23.5 Å². The molecule has 28 heavy (non-hydrogen) atoms. The molecule has 0 radical (unpaired) electrons. The minimum Gasteiger partial charge on any atom is -0.444 e. The van der Waals surface area contributed by atoms with Crippen molar-refractivity contribution < 1.29 is 9.53 Å². The van der Waals surface area contributed by atoms with Gasteiger partial charge in [-0.15, -0.1) is 0 Å². The largest absolute Gasteiger partial charge is 0.444 e. The summed E-state index contributed by atoms with van der Waals surface area (Å²) in [6.45, 7) is 16.7. The Morgan fingerprint density at radius 3 is 2.18 bits per heavy atom. The van der Waals surface area contributed by atoms with E-state index < -0.39 is 11.7 Å². The quantitative estimate of drug-likeness (QED) is 0.708. The summed E-state index contributed by atoms with van der Waals surface area (Å²) in [7, 11) is 0. The van der Waals surface area contributed by atoms with Crippen LogP contribution in [0.2, 0.25) is 0 Å². The average molecular weight is 383 g/mol. The number of carbonyl (C=O) groups excluding carboxylic acids is 1. The number of aryl methyl sites for hydroxylation is 2. The van der Waals surface area contributed by atoms with Gasteiger partial charge >= 0.3 is 6.09 Å². The third-order valence-electron chi connectivity index (χ3n) is 4.21. The van der Waals surface area contributed by atoms with E-state index in [1.807, 2.05) is 27.7 Å². The summed E-state index contributed by atoms with van der Waals surface area (Å²) < 4.78 is 5.41. The molecular formula is C24H34N2O2. The van der Waals surface area contributed by atoms with Crippen LogP contribution < -0.4 is 5.32 Å². The van der Waals surface area contributed by atoms with Gasteiger partial charge in [0.05, 0.1) is 0 Å². The molecule has 0 aliphatic carbocycles. The van der Waals surface area contributed by atoms with Crippen molar-refractivity contribution in [2.24, 2.45) is 5.41 Å². The number of amides is 1. The summed E-state index contributed by atoms with van der Waals surface area (Å²) in [4.78, 5) is 17.1. The molecule has 0 aliphatic rings. The molecule has 2 aromatic rings. The molecule has 152 valence electrons. The summed E-state index contributed by atoms with van der Waals surface area (Å²) in [6, 6.07) is 10.6. The number of aromatic nitrogens is 1. The Morgan fingerprint density at radius 1 is 1.04 bits per heavy atom. The zero-order chi connectivity index (χ0) is 21.1. The minimum absolute atomic E-state index is 0.0893. The van der Waals surface area contributed by atoms with Gasteiger partial charge in [0.2, 0.25) is 0 Å². The Hall–Kier alpha value is -2.36. The Balaban J connectivity index is 2.45. The van der Waals surface area contributed by atoms with Crippen molar-refractivity contribution in [3.8, 4) is 11.1 Å². The molecular weight excluding hydrogens is 348 g/mol. The highest BCUT2D eigenvalue weighted by atomic mass is 16.6. The van der Waals surface area contributed by atoms with Crippen LogP contribution in [-0.2, 0) is 17.7 Å². The van der Waals surface area contributed by atoms with Crippen molar-refractivity contribution in [3.05, 3.63) is 52.8 Å². The number of pyridine rings is 1. The van der Waals surface area contributed by atoms with E-state index in [1.165, 1.54) is 5.56 Å². The number of rotatable bonds is 4.